The molecule has 152 valence electrons. The SMILES string of the molecule is CCc1ccc(-c2[nH]ncc2/C=C(\C#N)C(=O)Nc2ccc(S(N)(=O)=O)cc2)cc1. The molecule has 8 nitrogen and oxygen atoms in total. The Morgan fingerprint density at radius 3 is 2.43 bits per heavy atom. The second-order valence-corrected chi connectivity index (χ2v) is 8.01. The quantitative estimate of drug-likeness (QED) is 0.414. The third kappa shape index (κ3) is 4.81. The van der Waals surface area contributed by atoms with Crippen LogP contribution >= 0.6 is 0 Å². The number of hydrogen-bond donors (Lipinski definition) is 3. The van der Waals surface area contributed by atoms with Crippen molar-refractivity contribution in [2.45, 2.75) is 18.2 Å². The fraction of sp³-hybridized carbons (Fsp3) is 0.0952. The van der Waals surface area contributed by atoms with Gasteiger partial charge in [-0.2, -0.15) is 10.4 Å². The summed E-state index contributed by atoms with van der Waals surface area (Å²) in [6, 6.07) is 15.1. The van der Waals surface area contributed by atoms with Crippen LogP contribution in [0.3, 0.4) is 0 Å². The van der Waals surface area contributed by atoms with Gasteiger partial charge in [-0.1, -0.05) is 31.2 Å². The van der Waals surface area contributed by atoms with Gasteiger partial charge in [-0.15, -0.1) is 0 Å². The number of aromatic amines is 1. The number of primary sulfonamides is 1. The Kier molecular flexibility index (Phi) is 6.11. The van der Waals surface area contributed by atoms with Crippen LogP contribution in [-0.2, 0) is 21.2 Å². The lowest BCUT2D eigenvalue weighted by Gasteiger charge is -2.06. The smallest absolute Gasteiger partial charge is 0.266 e. The van der Waals surface area contributed by atoms with Crippen LogP contribution in [0.25, 0.3) is 17.3 Å². The van der Waals surface area contributed by atoms with Crippen molar-refractivity contribution in [2.24, 2.45) is 5.14 Å². The van der Waals surface area contributed by atoms with E-state index in [1.807, 2.05) is 30.3 Å². The van der Waals surface area contributed by atoms with Crippen molar-refractivity contribution in [1.82, 2.24) is 10.2 Å². The number of carbonyl (C=O) groups excluding carboxylic acids is 1. The number of nitriles is 1. The monoisotopic (exact) mass is 421 g/mol. The van der Waals surface area contributed by atoms with Crippen LogP contribution in [0.15, 0.2) is 65.2 Å². The van der Waals surface area contributed by atoms with Crippen molar-refractivity contribution in [1.29, 1.82) is 5.26 Å². The molecule has 3 rings (SSSR count). The fourth-order valence-corrected chi connectivity index (χ4v) is 3.29. The molecular formula is C21H19N5O3S. The van der Waals surface area contributed by atoms with Gasteiger partial charge in [0.1, 0.15) is 11.6 Å². The molecule has 1 heterocycles. The van der Waals surface area contributed by atoms with E-state index < -0.39 is 15.9 Å². The molecule has 1 aromatic heterocycles. The molecule has 0 fully saturated rings. The standard InChI is InChI=1S/C21H19N5O3S/c1-2-14-3-5-15(6-4-14)20-17(13-24-26-20)11-16(12-22)21(27)25-18-7-9-19(10-8-18)30(23,28)29/h3-11,13H,2H2,1H3,(H,24,26)(H,25,27)(H2,23,28,29)/b16-11+. The number of sulfonamides is 1. The van der Waals surface area contributed by atoms with Gasteiger partial charge in [0.15, 0.2) is 0 Å². The van der Waals surface area contributed by atoms with Gasteiger partial charge < -0.3 is 5.32 Å². The molecule has 0 spiro atoms. The summed E-state index contributed by atoms with van der Waals surface area (Å²) in [4.78, 5) is 12.4. The van der Waals surface area contributed by atoms with Crippen molar-refractivity contribution >= 4 is 27.7 Å². The second-order valence-electron chi connectivity index (χ2n) is 6.44. The first kappa shape index (κ1) is 21.0. The van der Waals surface area contributed by atoms with E-state index in [1.54, 1.807) is 0 Å². The third-order valence-electron chi connectivity index (χ3n) is 4.43. The molecule has 0 atom stereocenters. The average Bonchev–Trinajstić information content (AvgIpc) is 3.20. The molecule has 2 aromatic carbocycles. The summed E-state index contributed by atoms with van der Waals surface area (Å²) < 4.78 is 22.6. The molecule has 0 saturated heterocycles. The number of nitrogens with one attached hydrogen (secondary N) is 2. The van der Waals surface area contributed by atoms with Crippen LogP contribution in [0.5, 0.6) is 0 Å². The molecule has 9 heteroatoms. The lowest BCUT2D eigenvalue weighted by Crippen LogP contribution is -2.14. The summed E-state index contributed by atoms with van der Waals surface area (Å²) in [7, 11) is -3.83. The number of carbonyl (C=O) groups is 1. The number of nitrogens with two attached hydrogens (primary N) is 1. The van der Waals surface area contributed by atoms with Crippen LogP contribution in [0.1, 0.15) is 18.1 Å². The van der Waals surface area contributed by atoms with E-state index in [2.05, 4.69) is 22.4 Å². The van der Waals surface area contributed by atoms with Crippen LogP contribution in [0.2, 0.25) is 0 Å². The first-order valence-corrected chi connectivity index (χ1v) is 10.5. The number of amides is 1. The molecule has 0 aliphatic carbocycles. The minimum atomic E-state index is -3.83. The van der Waals surface area contributed by atoms with Gasteiger partial charge in [-0.25, -0.2) is 13.6 Å². The number of benzene rings is 2. The summed E-state index contributed by atoms with van der Waals surface area (Å²) in [6.45, 7) is 2.07. The van der Waals surface area contributed by atoms with E-state index in [4.69, 9.17) is 5.14 Å². The number of H-pyrrole nitrogens is 1. The number of aromatic nitrogens is 2. The highest BCUT2D eigenvalue weighted by Crippen LogP contribution is 2.24. The predicted octanol–water partition coefficient (Wildman–Crippen LogP) is 2.83. The van der Waals surface area contributed by atoms with Gasteiger partial charge in [-0.05, 0) is 42.3 Å². The van der Waals surface area contributed by atoms with E-state index in [1.165, 1.54) is 42.1 Å². The van der Waals surface area contributed by atoms with Crippen LogP contribution in [0, 0.1) is 11.3 Å². The molecular weight excluding hydrogens is 402 g/mol. The highest BCUT2D eigenvalue weighted by molar-refractivity contribution is 7.89. The molecule has 1 amide bonds. The summed E-state index contributed by atoms with van der Waals surface area (Å²) in [5, 5.41) is 24.0. The normalized spacial score (nSPS) is 11.7. The number of anilines is 1. The molecule has 30 heavy (non-hydrogen) atoms. The van der Waals surface area contributed by atoms with Gasteiger partial charge in [0.05, 0.1) is 16.8 Å². The Morgan fingerprint density at radius 2 is 1.87 bits per heavy atom. The Morgan fingerprint density at radius 1 is 1.20 bits per heavy atom. The lowest BCUT2D eigenvalue weighted by atomic mass is 10.0. The van der Waals surface area contributed by atoms with Gasteiger partial charge in [0.2, 0.25) is 10.0 Å². The Labute approximate surface area is 174 Å². The second kappa shape index (κ2) is 8.73. The minimum Gasteiger partial charge on any atom is -0.321 e. The van der Waals surface area contributed by atoms with Crippen molar-refractivity contribution in [2.75, 3.05) is 5.32 Å². The van der Waals surface area contributed by atoms with Crippen molar-refractivity contribution in [3.05, 3.63) is 71.4 Å². The van der Waals surface area contributed by atoms with Gasteiger partial charge >= 0.3 is 0 Å². The first-order valence-electron chi connectivity index (χ1n) is 9.00. The Balaban J connectivity index is 1.83. The van der Waals surface area contributed by atoms with Gasteiger partial charge in [-0.3, -0.25) is 9.89 Å². The predicted molar refractivity (Wildman–Crippen MR) is 113 cm³/mol. The van der Waals surface area contributed by atoms with E-state index in [9.17, 15) is 18.5 Å². The summed E-state index contributed by atoms with van der Waals surface area (Å²) >= 11 is 0. The van der Waals surface area contributed by atoms with Crippen molar-refractivity contribution < 1.29 is 13.2 Å². The highest BCUT2D eigenvalue weighted by Gasteiger charge is 2.14. The molecule has 0 unspecified atom stereocenters. The van der Waals surface area contributed by atoms with Crippen molar-refractivity contribution in [3.8, 4) is 17.3 Å². The molecule has 0 aliphatic rings. The fourth-order valence-electron chi connectivity index (χ4n) is 2.77. The topological polar surface area (TPSA) is 142 Å². The maximum absolute atomic E-state index is 12.5. The first-order chi connectivity index (χ1) is 14.3. The zero-order chi connectivity index (χ0) is 21.7. The molecule has 0 radical (unpaired) electrons. The largest absolute Gasteiger partial charge is 0.321 e. The van der Waals surface area contributed by atoms with Crippen LogP contribution < -0.4 is 10.5 Å². The molecule has 3 aromatic rings. The third-order valence-corrected chi connectivity index (χ3v) is 5.35. The molecule has 0 bridgehead atoms. The zero-order valence-electron chi connectivity index (χ0n) is 16.1. The Bertz CT molecular complexity index is 1240. The summed E-state index contributed by atoms with van der Waals surface area (Å²) in [5.74, 6) is -0.630. The van der Waals surface area contributed by atoms with Gasteiger partial charge in [0, 0.05) is 16.8 Å². The maximum atomic E-state index is 12.5. The summed E-state index contributed by atoms with van der Waals surface area (Å²) in [6.07, 6.45) is 3.90. The number of rotatable bonds is 6. The minimum absolute atomic E-state index is 0.0753. The lowest BCUT2D eigenvalue weighted by molar-refractivity contribution is -0.112. The number of aryl methyl sites for hydroxylation is 1. The van der Waals surface area contributed by atoms with Gasteiger partial charge in [0.25, 0.3) is 5.91 Å². The highest BCUT2D eigenvalue weighted by atomic mass is 32.2. The molecule has 0 aliphatic heterocycles. The average molecular weight is 421 g/mol. The molecule has 0 saturated carbocycles. The summed E-state index contributed by atoms with van der Waals surface area (Å²) in [5.41, 5.74) is 3.56. The Hall–Kier alpha value is -3.74. The zero-order valence-corrected chi connectivity index (χ0v) is 16.9. The van der Waals surface area contributed by atoms with E-state index >= 15 is 0 Å². The number of hydrogen-bond acceptors (Lipinski definition) is 5. The maximum Gasteiger partial charge on any atom is 0.266 e. The van der Waals surface area contributed by atoms with Crippen molar-refractivity contribution in [3.63, 3.8) is 0 Å². The van der Waals surface area contributed by atoms with E-state index in [-0.39, 0.29) is 10.5 Å². The van der Waals surface area contributed by atoms with Crippen LogP contribution in [0.4, 0.5) is 5.69 Å². The molecule has 4 N–H and O–H groups in total. The van der Waals surface area contributed by atoms with E-state index in [0.29, 0.717) is 16.9 Å². The van der Waals surface area contributed by atoms with E-state index in [0.717, 1.165) is 12.0 Å². The van der Waals surface area contributed by atoms with Crippen LogP contribution in [-0.4, -0.2) is 24.5 Å². The number of nitrogens with zero attached hydrogens (tertiary/aromatic N) is 2.